The zero-order chi connectivity index (χ0) is 20.1. The first-order valence-electron chi connectivity index (χ1n) is 8.37. The molecular weight excluding hydrogens is 392 g/mol. The van der Waals surface area contributed by atoms with Crippen LogP contribution in [-0.4, -0.2) is 36.4 Å². The topological polar surface area (TPSA) is 73.9 Å². The Balaban J connectivity index is 1.52. The first kappa shape index (κ1) is 19.9. The van der Waals surface area contributed by atoms with Crippen molar-refractivity contribution in [3.05, 3.63) is 48.5 Å². The zero-order valence-electron chi connectivity index (χ0n) is 14.8. The molecule has 1 aliphatic rings. The molecule has 1 amide bonds. The molecule has 2 aromatic carbocycles. The lowest BCUT2D eigenvalue weighted by atomic mass is 10.2. The molecule has 3 rings (SSSR count). The number of carbonyl (C=O) groups is 2. The van der Waals surface area contributed by atoms with Crippen molar-refractivity contribution in [1.82, 2.24) is 0 Å². The molecule has 2 atom stereocenters. The standard InChI is InChI=1S/C19H17F2NO5S/c1-11(17(23)22-12-6-8-13(9-7-12)28-19(20)21)26-18(24)16-10-25-14-4-2-3-5-15(14)27-16/h2-9,11,16,19H,10H2,1H3,(H,22,23)/t11-,16-/m0/s1. The molecule has 0 spiro atoms. The van der Waals surface area contributed by atoms with Gasteiger partial charge in [-0.25, -0.2) is 4.79 Å². The predicted molar refractivity (Wildman–Crippen MR) is 98.8 cm³/mol. The number of amides is 1. The third-order valence-electron chi connectivity index (χ3n) is 3.78. The molecule has 0 saturated carbocycles. The number of carbonyl (C=O) groups excluding carboxylic acids is 2. The van der Waals surface area contributed by atoms with Crippen LogP contribution in [0.4, 0.5) is 14.5 Å². The van der Waals surface area contributed by atoms with Gasteiger partial charge in [0.25, 0.3) is 11.7 Å². The highest BCUT2D eigenvalue weighted by molar-refractivity contribution is 7.99. The van der Waals surface area contributed by atoms with E-state index in [1.54, 1.807) is 24.3 Å². The Morgan fingerprint density at radius 3 is 2.50 bits per heavy atom. The van der Waals surface area contributed by atoms with Crippen molar-refractivity contribution in [3.8, 4) is 11.5 Å². The lowest BCUT2D eigenvalue weighted by Crippen LogP contribution is -2.41. The van der Waals surface area contributed by atoms with Crippen molar-refractivity contribution >= 4 is 29.3 Å². The first-order valence-corrected chi connectivity index (χ1v) is 9.25. The molecule has 2 aromatic rings. The fourth-order valence-corrected chi connectivity index (χ4v) is 2.90. The van der Waals surface area contributed by atoms with Crippen molar-refractivity contribution in [3.63, 3.8) is 0 Å². The van der Waals surface area contributed by atoms with Gasteiger partial charge in [-0.1, -0.05) is 23.9 Å². The van der Waals surface area contributed by atoms with E-state index in [9.17, 15) is 18.4 Å². The average Bonchev–Trinajstić information content (AvgIpc) is 2.68. The highest BCUT2D eigenvalue weighted by Crippen LogP contribution is 2.31. The predicted octanol–water partition coefficient (Wildman–Crippen LogP) is 3.71. The number of nitrogens with one attached hydrogen (secondary N) is 1. The number of para-hydroxylation sites is 2. The van der Waals surface area contributed by atoms with Crippen LogP contribution in [0.3, 0.4) is 0 Å². The summed E-state index contributed by atoms with van der Waals surface area (Å²) in [6, 6.07) is 12.8. The molecule has 0 aliphatic carbocycles. The number of esters is 1. The second-order valence-corrected chi connectivity index (χ2v) is 6.90. The van der Waals surface area contributed by atoms with Crippen molar-refractivity contribution in [2.75, 3.05) is 11.9 Å². The van der Waals surface area contributed by atoms with Gasteiger partial charge in [-0.05, 0) is 43.3 Å². The van der Waals surface area contributed by atoms with E-state index in [0.29, 0.717) is 33.8 Å². The summed E-state index contributed by atoms with van der Waals surface area (Å²) in [7, 11) is 0. The summed E-state index contributed by atoms with van der Waals surface area (Å²) < 4.78 is 40.8. The number of fused-ring (bicyclic) bond motifs is 1. The van der Waals surface area contributed by atoms with Crippen LogP contribution in [0.15, 0.2) is 53.4 Å². The number of ether oxygens (including phenoxy) is 3. The molecule has 6 nitrogen and oxygen atoms in total. The van der Waals surface area contributed by atoms with Crippen LogP contribution < -0.4 is 14.8 Å². The van der Waals surface area contributed by atoms with Crippen LogP contribution in [0.25, 0.3) is 0 Å². The van der Waals surface area contributed by atoms with Gasteiger partial charge in [-0.3, -0.25) is 4.79 Å². The number of anilines is 1. The molecule has 28 heavy (non-hydrogen) atoms. The summed E-state index contributed by atoms with van der Waals surface area (Å²) in [4.78, 5) is 24.8. The Labute approximate surface area is 164 Å². The van der Waals surface area contributed by atoms with E-state index in [1.807, 2.05) is 0 Å². The Morgan fingerprint density at radius 2 is 1.82 bits per heavy atom. The SMILES string of the molecule is C[C@H](OC(=O)[C@@H]1COc2ccccc2O1)C(=O)Nc1ccc(SC(F)F)cc1. The van der Waals surface area contributed by atoms with Crippen LogP contribution in [0.5, 0.6) is 11.5 Å². The van der Waals surface area contributed by atoms with E-state index >= 15 is 0 Å². The summed E-state index contributed by atoms with van der Waals surface area (Å²) in [5, 5.41) is 2.56. The zero-order valence-corrected chi connectivity index (χ0v) is 15.6. The molecule has 0 saturated heterocycles. The average molecular weight is 409 g/mol. The van der Waals surface area contributed by atoms with Crippen molar-refractivity contribution in [2.24, 2.45) is 0 Å². The maximum absolute atomic E-state index is 12.3. The second kappa shape index (κ2) is 8.92. The maximum Gasteiger partial charge on any atom is 0.351 e. The number of halogens is 2. The molecule has 1 N–H and O–H groups in total. The highest BCUT2D eigenvalue weighted by atomic mass is 32.2. The monoisotopic (exact) mass is 409 g/mol. The first-order chi connectivity index (χ1) is 13.4. The lowest BCUT2D eigenvalue weighted by Gasteiger charge is -2.25. The number of hydrogen-bond acceptors (Lipinski definition) is 6. The molecule has 148 valence electrons. The van der Waals surface area contributed by atoms with Crippen molar-refractivity contribution < 1.29 is 32.6 Å². The van der Waals surface area contributed by atoms with E-state index < -0.39 is 29.8 Å². The Kier molecular flexibility index (Phi) is 6.35. The van der Waals surface area contributed by atoms with Gasteiger partial charge in [-0.15, -0.1) is 0 Å². The minimum atomic E-state index is -2.52. The van der Waals surface area contributed by atoms with Gasteiger partial charge in [0.05, 0.1) is 0 Å². The van der Waals surface area contributed by atoms with Gasteiger partial charge in [0.15, 0.2) is 17.6 Å². The summed E-state index contributed by atoms with van der Waals surface area (Å²) in [6.07, 6.45) is -2.06. The fourth-order valence-electron chi connectivity index (χ4n) is 2.40. The lowest BCUT2D eigenvalue weighted by molar-refractivity contribution is -0.162. The van der Waals surface area contributed by atoms with Crippen molar-refractivity contribution in [1.29, 1.82) is 0 Å². The van der Waals surface area contributed by atoms with Crippen LogP contribution in [0, 0.1) is 0 Å². The van der Waals surface area contributed by atoms with Gasteiger partial charge in [0.1, 0.15) is 6.61 Å². The van der Waals surface area contributed by atoms with E-state index in [0.717, 1.165) is 0 Å². The molecule has 0 fully saturated rings. The summed E-state index contributed by atoms with van der Waals surface area (Å²) in [5.74, 6) is -2.83. The minimum Gasteiger partial charge on any atom is -0.485 e. The Bertz CT molecular complexity index is 846. The van der Waals surface area contributed by atoms with Crippen LogP contribution >= 0.6 is 11.8 Å². The normalized spacial score (nSPS) is 16.4. The third-order valence-corrected chi connectivity index (χ3v) is 4.50. The molecule has 0 radical (unpaired) electrons. The molecular formula is C19H17F2NO5S. The minimum absolute atomic E-state index is 0.0204. The van der Waals surface area contributed by atoms with Crippen LogP contribution in [0.1, 0.15) is 6.92 Å². The summed E-state index contributed by atoms with van der Waals surface area (Å²) >= 11 is 0.411. The summed E-state index contributed by atoms with van der Waals surface area (Å²) in [5.41, 5.74) is 0.401. The Hall–Kier alpha value is -2.81. The molecule has 0 aromatic heterocycles. The Morgan fingerprint density at radius 1 is 1.14 bits per heavy atom. The number of alkyl halides is 2. The molecule has 0 unspecified atom stereocenters. The van der Waals surface area contributed by atoms with E-state index in [2.05, 4.69) is 5.32 Å². The van der Waals surface area contributed by atoms with Gasteiger partial charge in [-0.2, -0.15) is 8.78 Å². The van der Waals surface area contributed by atoms with E-state index in [1.165, 1.54) is 31.2 Å². The van der Waals surface area contributed by atoms with Gasteiger partial charge < -0.3 is 19.5 Å². The maximum atomic E-state index is 12.3. The number of hydrogen-bond donors (Lipinski definition) is 1. The van der Waals surface area contributed by atoms with E-state index in [4.69, 9.17) is 14.2 Å². The largest absolute Gasteiger partial charge is 0.485 e. The molecule has 1 heterocycles. The number of benzene rings is 2. The fraction of sp³-hybridized carbons (Fsp3) is 0.263. The second-order valence-electron chi connectivity index (χ2n) is 5.84. The summed E-state index contributed by atoms with van der Waals surface area (Å²) in [6.45, 7) is 1.40. The van der Waals surface area contributed by atoms with Crippen molar-refractivity contribution in [2.45, 2.75) is 29.8 Å². The molecule has 1 aliphatic heterocycles. The van der Waals surface area contributed by atoms with Crippen LogP contribution in [-0.2, 0) is 14.3 Å². The van der Waals surface area contributed by atoms with Gasteiger partial charge >= 0.3 is 5.97 Å². The van der Waals surface area contributed by atoms with E-state index in [-0.39, 0.29) is 6.61 Å². The van der Waals surface area contributed by atoms with Crippen LogP contribution in [0.2, 0.25) is 0 Å². The molecule has 9 heteroatoms. The highest BCUT2D eigenvalue weighted by Gasteiger charge is 2.31. The smallest absolute Gasteiger partial charge is 0.351 e. The number of thioether (sulfide) groups is 1. The quantitative estimate of drug-likeness (QED) is 0.579. The van der Waals surface area contributed by atoms with Gasteiger partial charge in [0.2, 0.25) is 6.10 Å². The number of rotatable bonds is 6. The van der Waals surface area contributed by atoms with Gasteiger partial charge in [0, 0.05) is 10.6 Å². The third kappa shape index (κ3) is 5.13. The molecule has 0 bridgehead atoms.